The molecule has 1 aromatic carbocycles. The molecule has 0 fully saturated rings. The number of halogens is 1. The number of carbonyl (C=O) groups excluding carboxylic acids is 1. The zero-order chi connectivity index (χ0) is 17.0. The number of nitrogens with two attached hydrogens (primary N) is 1. The van der Waals surface area contributed by atoms with Gasteiger partial charge in [0, 0.05) is 19.8 Å². The predicted molar refractivity (Wildman–Crippen MR) is 81.2 cm³/mol. The number of amides is 1. The van der Waals surface area contributed by atoms with Crippen molar-refractivity contribution in [3.63, 3.8) is 0 Å². The van der Waals surface area contributed by atoms with Gasteiger partial charge < -0.3 is 10.3 Å². The molecule has 0 radical (unpaired) electrons. The van der Waals surface area contributed by atoms with E-state index in [-0.39, 0.29) is 23.8 Å². The second kappa shape index (κ2) is 6.88. The molecule has 0 saturated heterocycles. The molecule has 1 amide bonds. The number of imidazole rings is 1. The van der Waals surface area contributed by atoms with E-state index >= 15 is 0 Å². The number of hydrogen-bond donors (Lipinski definition) is 2. The van der Waals surface area contributed by atoms with Crippen LogP contribution in [0.25, 0.3) is 0 Å². The van der Waals surface area contributed by atoms with Gasteiger partial charge in [-0.2, -0.15) is 0 Å². The van der Waals surface area contributed by atoms with Crippen molar-refractivity contribution in [1.82, 2.24) is 14.3 Å². The van der Waals surface area contributed by atoms with Crippen molar-refractivity contribution in [3.8, 4) is 0 Å². The summed E-state index contributed by atoms with van der Waals surface area (Å²) in [5, 5.41) is -0.134. The molecule has 1 heterocycles. The lowest BCUT2D eigenvalue weighted by atomic mass is 9.99. The third kappa shape index (κ3) is 4.60. The number of benzene rings is 1. The van der Waals surface area contributed by atoms with E-state index in [0.717, 1.165) is 0 Å². The zero-order valence-electron chi connectivity index (χ0n) is 12.4. The molecule has 9 heteroatoms. The van der Waals surface area contributed by atoms with Gasteiger partial charge in [-0.3, -0.25) is 4.79 Å². The number of nitrogens with one attached hydrogen (secondary N) is 1. The maximum Gasteiger partial charge on any atom is 0.259 e. The van der Waals surface area contributed by atoms with E-state index in [1.807, 2.05) is 0 Å². The Morgan fingerprint density at radius 1 is 1.39 bits per heavy atom. The Balaban J connectivity index is 2.05. The van der Waals surface area contributed by atoms with Crippen LogP contribution in [0, 0.1) is 11.7 Å². The summed E-state index contributed by atoms with van der Waals surface area (Å²) in [5.74, 6) is -1.78. The SMILES string of the molecule is Cn1cnc(S(=O)(=O)NC[C@H](Cc2ccc(F)cc2)C(N)=O)c1. The molecule has 124 valence electrons. The summed E-state index contributed by atoms with van der Waals surface area (Å²) in [6, 6.07) is 5.59. The highest BCUT2D eigenvalue weighted by Gasteiger charge is 2.22. The predicted octanol–water partition coefficient (Wildman–Crippen LogP) is 0.182. The number of aromatic nitrogens is 2. The van der Waals surface area contributed by atoms with Gasteiger partial charge in [-0.15, -0.1) is 0 Å². The van der Waals surface area contributed by atoms with Gasteiger partial charge in [0.05, 0.1) is 12.2 Å². The molecule has 0 aliphatic carbocycles. The maximum atomic E-state index is 12.9. The molecule has 3 N–H and O–H groups in total. The second-order valence-electron chi connectivity index (χ2n) is 5.16. The van der Waals surface area contributed by atoms with Crippen molar-refractivity contribution >= 4 is 15.9 Å². The summed E-state index contributed by atoms with van der Waals surface area (Å²) in [6.45, 7) is -0.161. The minimum absolute atomic E-state index is 0.134. The van der Waals surface area contributed by atoms with Crippen LogP contribution < -0.4 is 10.5 Å². The topological polar surface area (TPSA) is 107 Å². The lowest BCUT2D eigenvalue weighted by Gasteiger charge is -2.14. The molecule has 0 unspecified atom stereocenters. The highest BCUT2D eigenvalue weighted by molar-refractivity contribution is 7.89. The maximum absolute atomic E-state index is 12.9. The van der Waals surface area contributed by atoms with Gasteiger partial charge in [-0.05, 0) is 24.1 Å². The van der Waals surface area contributed by atoms with Gasteiger partial charge in [0.2, 0.25) is 5.91 Å². The van der Waals surface area contributed by atoms with E-state index in [1.165, 1.54) is 41.4 Å². The van der Waals surface area contributed by atoms with E-state index in [2.05, 4.69) is 9.71 Å². The van der Waals surface area contributed by atoms with Crippen LogP contribution in [-0.2, 0) is 28.3 Å². The van der Waals surface area contributed by atoms with E-state index in [4.69, 9.17) is 5.73 Å². The number of aryl methyl sites for hydroxylation is 1. The van der Waals surface area contributed by atoms with Crippen LogP contribution in [0.2, 0.25) is 0 Å². The zero-order valence-corrected chi connectivity index (χ0v) is 13.3. The quantitative estimate of drug-likeness (QED) is 0.750. The van der Waals surface area contributed by atoms with Crippen molar-refractivity contribution in [2.45, 2.75) is 11.4 Å². The fourth-order valence-electron chi connectivity index (χ4n) is 1.99. The van der Waals surface area contributed by atoms with Crippen LogP contribution in [0.5, 0.6) is 0 Å². The molecule has 7 nitrogen and oxygen atoms in total. The average Bonchev–Trinajstić information content (AvgIpc) is 2.92. The highest BCUT2D eigenvalue weighted by Crippen LogP contribution is 2.11. The van der Waals surface area contributed by atoms with Crippen LogP contribution >= 0.6 is 0 Å². The number of sulfonamides is 1. The number of rotatable bonds is 7. The molecule has 2 aromatic rings. The Morgan fingerprint density at radius 2 is 2.04 bits per heavy atom. The summed E-state index contributed by atoms with van der Waals surface area (Å²) in [7, 11) is -2.17. The van der Waals surface area contributed by atoms with Crippen LogP contribution in [0.3, 0.4) is 0 Å². The fraction of sp³-hybridized carbons (Fsp3) is 0.286. The van der Waals surface area contributed by atoms with E-state index in [1.54, 1.807) is 7.05 Å². The monoisotopic (exact) mass is 340 g/mol. The smallest absolute Gasteiger partial charge is 0.259 e. The summed E-state index contributed by atoms with van der Waals surface area (Å²) in [5.41, 5.74) is 6.01. The van der Waals surface area contributed by atoms with Gasteiger partial charge in [-0.1, -0.05) is 12.1 Å². The van der Waals surface area contributed by atoms with E-state index in [9.17, 15) is 17.6 Å². The number of hydrogen-bond acceptors (Lipinski definition) is 4. The third-order valence-corrected chi connectivity index (χ3v) is 4.58. The Bertz CT molecular complexity index is 787. The van der Waals surface area contributed by atoms with Crippen LogP contribution in [-0.4, -0.2) is 30.4 Å². The van der Waals surface area contributed by atoms with Crippen LogP contribution in [0.4, 0.5) is 4.39 Å². The van der Waals surface area contributed by atoms with Gasteiger partial charge in [0.15, 0.2) is 5.03 Å². The number of nitrogens with zero attached hydrogens (tertiary/aromatic N) is 2. The van der Waals surface area contributed by atoms with Crippen molar-refractivity contribution in [1.29, 1.82) is 0 Å². The van der Waals surface area contributed by atoms with Crippen LogP contribution in [0.1, 0.15) is 5.56 Å². The first kappa shape index (κ1) is 17.1. The van der Waals surface area contributed by atoms with Gasteiger partial charge >= 0.3 is 0 Å². The van der Waals surface area contributed by atoms with Gasteiger partial charge in [0.25, 0.3) is 10.0 Å². The average molecular weight is 340 g/mol. The molecule has 0 aliphatic heterocycles. The Kier molecular flexibility index (Phi) is 5.12. The summed E-state index contributed by atoms with van der Waals surface area (Å²) in [6.07, 6.45) is 2.92. The molecule has 0 saturated carbocycles. The molecule has 0 aliphatic rings. The normalized spacial score (nSPS) is 13.0. The third-order valence-electron chi connectivity index (χ3n) is 3.27. The molecular weight excluding hydrogens is 323 g/mol. The first-order valence-corrected chi connectivity index (χ1v) is 8.27. The highest BCUT2D eigenvalue weighted by atomic mass is 32.2. The second-order valence-corrected chi connectivity index (χ2v) is 6.87. The lowest BCUT2D eigenvalue weighted by molar-refractivity contribution is -0.121. The lowest BCUT2D eigenvalue weighted by Crippen LogP contribution is -2.37. The number of primary amides is 1. The minimum Gasteiger partial charge on any atom is -0.369 e. The van der Waals surface area contributed by atoms with Crippen molar-refractivity contribution in [3.05, 3.63) is 48.2 Å². The minimum atomic E-state index is -3.82. The molecule has 23 heavy (non-hydrogen) atoms. The van der Waals surface area contributed by atoms with Crippen molar-refractivity contribution in [2.24, 2.45) is 18.7 Å². The Morgan fingerprint density at radius 3 is 2.57 bits per heavy atom. The standard InChI is InChI=1S/C14H17FN4O3S/c1-19-8-13(17-9-19)23(21,22)18-7-11(14(16)20)6-10-2-4-12(15)5-3-10/h2-5,8-9,11,18H,6-7H2,1H3,(H2,16,20)/t11-/m0/s1. The number of carbonyl (C=O) groups is 1. The van der Waals surface area contributed by atoms with Gasteiger partial charge in [-0.25, -0.2) is 22.5 Å². The van der Waals surface area contributed by atoms with E-state index < -0.39 is 21.8 Å². The summed E-state index contributed by atoms with van der Waals surface area (Å²) in [4.78, 5) is 15.3. The molecule has 0 bridgehead atoms. The fourth-order valence-corrected chi connectivity index (χ4v) is 3.05. The Labute approximate surface area is 133 Å². The van der Waals surface area contributed by atoms with Crippen LogP contribution in [0.15, 0.2) is 41.8 Å². The molecule has 1 aromatic heterocycles. The first-order chi connectivity index (χ1) is 10.8. The van der Waals surface area contributed by atoms with E-state index in [0.29, 0.717) is 5.56 Å². The molecule has 1 atom stereocenters. The summed E-state index contributed by atoms with van der Waals surface area (Å²) >= 11 is 0. The molecule has 0 spiro atoms. The molecular formula is C14H17FN4O3S. The van der Waals surface area contributed by atoms with Gasteiger partial charge in [0.1, 0.15) is 5.82 Å². The first-order valence-electron chi connectivity index (χ1n) is 6.79. The largest absolute Gasteiger partial charge is 0.369 e. The Hall–Kier alpha value is -2.26. The van der Waals surface area contributed by atoms with Crippen molar-refractivity contribution < 1.29 is 17.6 Å². The van der Waals surface area contributed by atoms with Crippen molar-refractivity contribution in [2.75, 3.05) is 6.54 Å². The summed E-state index contributed by atoms with van der Waals surface area (Å²) < 4.78 is 40.9. The molecule has 2 rings (SSSR count).